The topological polar surface area (TPSA) is 52.6 Å². The summed E-state index contributed by atoms with van der Waals surface area (Å²) in [6, 6.07) is 14.9. The number of halogens is 2. The van der Waals surface area contributed by atoms with Crippen molar-refractivity contribution in [1.29, 1.82) is 0 Å². The van der Waals surface area contributed by atoms with Gasteiger partial charge in [0.25, 0.3) is 0 Å². The van der Waals surface area contributed by atoms with Crippen LogP contribution in [0.25, 0.3) is 0 Å². The molecule has 0 saturated heterocycles. The molecule has 0 aliphatic heterocycles. The number of ether oxygens (including phenoxy) is 2. The molecule has 2 aromatic carbocycles. The van der Waals surface area contributed by atoms with Crippen molar-refractivity contribution < 1.29 is 19.1 Å². The average Bonchev–Trinajstić information content (AvgIpc) is 2.65. The third-order valence-electron chi connectivity index (χ3n) is 3.95. The zero-order valence-corrected chi connectivity index (χ0v) is 16.5. The number of esters is 2. The molecule has 0 N–H and O–H groups in total. The van der Waals surface area contributed by atoms with E-state index in [-0.39, 0.29) is 38.0 Å². The predicted molar refractivity (Wildman–Crippen MR) is 106 cm³/mol. The highest BCUT2D eigenvalue weighted by Crippen LogP contribution is 2.16. The van der Waals surface area contributed by atoms with Crippen LogP contribution in [-0.2, 0) is 31.9 Å². The number of hydrogen-bond donors (Lipinski definition) is 0. The normalized spacial score (nSPS) is 10.4. The van der Waals surface area contributed by atoms with Gasteiger partial charge >= 0.3 is 11.9 Å². The Hall–Kier alpha value is -2.04. The third kappa shape index (κ3) is 8.02. The molecule has 0 amide bonds. The summed E-state index contributed by atoms with van der Waals surface area (Å²) in [5.41, 5.74) is 1.88. The smallest absolute Gasteiger partial charge is 0.305 e. The lowest BCUT2D eigenvalue weighted by atomic mass is 10.1. The van der Waals surface area contributed by atoms with E-state index in [0.717, 1.165) is 11.1 Å². The molecule has 0 atom stereocenters. The second-order valence-electron chi connectivity index (χ2n) is 5.98. The largest absolute Gasteiger partial charge is 0.465 e. The number of carbonyl (C=O) groups excluding carboxylic acids is 2. The molecule has 0 aliphatic carbocycles. The highest BCUT2D eigenvalue weighted by atomic mass is 35.5. The van der Waals surface area contributed by atoms with Gasteiger partial charge < -0.3 is 9.47 Å². The Morgan fingerprint density at radius 2 is 1.11 bits per heavy atom. The second kappa shape index (κ2) is 11.6. The summed E-state index contributed by atoms with van der Waals surface area (Å²) in [6.45, 7) is 0.537. The number of hydrogen-bond acceptors (Lipinski definition) is 4. The van der Waals surface area contributed by atoms with E-state index in [4.69, 9.17) is 32.7 Å². The first kappa shape index (κ1) is 21.3. The molecule has 0 aromatic heterocycles. The van der Waals surface area contributed by atoms with Crippen LogP contribution in [0, 0.1) is 0 Å². The van der Waals surface area contributed by atoms with Crippen molar-refractivity contribution in [2.75, 3.05) is 13.2 Å². The van der Waals surface area contributed by atoms with Crippen LogP contribution in [0.2, 0.25) is 10.0 Å². The highest BCUT2D eigenvalue weighted by molar-refractivity contribution is 6.31. The fourth-order valence-corrected chi connectivity index (χ4v) is 2.93. The van der Waals surface area contributed by atoms with E-state index in [1.165, 1.54) is 0 Å². The van der Waals surface area contributed by atoms with Gasteiger partial charge in [-0.25, -0.2) is 0 Å². The van der Waals surface area contributed by atoms with E-state index < -0.39 is 0 Å². The number of benzene rings is 2. The molecule has 2 aromatic rings. The standard InChI is InChI=1S/C21H22Cl2O4/c22-18-8-3-1-6-16(18)12-14-26-20(24)10-5-11-21(25)27-15-13-17-7-2-4-9-19(17)23/h1-4,6-9H,5,10-15H2. The molecule has 27 heavy (non-hydrogen) atoms. The summed E-state index contributed by atoms with van der Waals surface area (Å²) in [5, 5.41) is 1.32. The van der Waals surface area contributed by atoms with Gasteiger partial charge in [-0.15, -0.1) is 0 Å². The monoisotopic (exact) mass is 408 g/mol. The van der Waals surface area contributed by atoms with Crippen LogP contribution in [0.3, 0.4) is 0 Å². The van der Waals surface area contributed by atoms with E-state index in [1.807, 2.05) is 36.4 Å². The maximum atomic E-state index is 11.7. The van der Waals surface area contributed by atoms with Gasteiger partial charge in [-0.2, -0.15) is 0 Å². The molecule has 0 bridgehead atoms. The second-order valence-corrected chi connectivity index (χ2v) is 6.79. The third-order valence-corrected chi connectivity index (χ3v) is 4.68. The Labute approximate surface area is 169 Å². The molecule has 0 heterocycles. The van der Waals surface area contributed by atoms with Crippen molar-refractivity contribution in [1.82, 2.24) is 0 Å². The molecule has 0 unspecified atom stereocenters. The molecule has 0 spiro atoms. The average molecular weight is 409 g/mol. The van der Waals surface area contributed by atoms with Crippen LogP contribution in [0.1, 0.15) is 30.4 Å². The fourth-order valence-electron chi connectivity index (χ4n) is 2.47. The fraction of sp³-hybridized carbons (Fsp3) is 0.333. The first-order chi connectivity index (χ1) is 13.1. The predicted octanol–water partition coefficient (Wildman–Crippen LogP) is 5.04. The summed E-state index contributed by atoms with van der Waals surface area (Å²) in [6.07, 6.45) is 1.89. The minimum absolute atomic E-state index is 0.183. The molecule has 4 nitrogen and oxygen atoms in total. The van der Waals surface area contributed by atoms with Gasteiger partial charge in [-0.1, -0.05) is 59.6 Å². The molecule has 2 rings (SSSR count). The number of carbonyl (C=O) groups is 2. The van der Waals surface area contributed by atoms with Gasteiger partial charge in [0, 0.05) is 35.7 Å². The summed E-state index contributed by atoms with van der Waals surface area (Å²) in [7, 11) is 0. The molecule has 0 fully saturated rings. The van der Waals surface area contributed by atoms with Crippen LogP contribution in [0.4, 0.5) is 0 Å². The van der Waals surface area contributed by atoms with Gasteiger partial charge in [-0.05, 0) is 29.7 Å². The van der Waals surface area contributed by atoms with Crippen LogP contribution in [0.5, 0.6) is 0 Å². The number of rotatable bonds is 10. The van der Waals surface area contributed by atoms with Crippen LogP contribution in [0.15, 0.2) is 48.5 Å². The lowest BCUT2D eigenvalue weighted by molar-refractivity contribution is -0.145. The quantitative estimate of drug-likeness (QED) is 0.516. The minimum Gasteiger partial charge on any atom is -0.465 e. The maximum absolute atomic E-state index is 11.7. The molecule has 144 valence electrons. The van der Waals surface area contributed by atoms with Crippen molar-refractivity contribution in [2.24, 2.45) is 0 Å². The Morgan fingerprint density at radius 3 is 1.52 bits per heavy atom. The van der Waals surface area contributed by atoms with Crippen molar-refractivity contribution in [2.45, 2.75) is 32.1 Å². The summed E-state index contributed by atoms with van der Waals surface area (Å²) >= 11 is 12.1. The summed E-state index contributed by atoms with van der Waals surface area (Å²) in [5.74, 6) is -0.656. The van der Waals surface area contributed by atoms with E-state index in [1.54, 1.807) is 12.1 Å². The lowest BCUT2D eigenvalue weighted by Crippen LogP contribution is -2.11. The van der Waals surface area contributed by atoms with Crippen molar-refractivity contribution in [3.63, 3.8) is 0 Å². The maximum Gasteiger partial charge on any atom is 0.305 e. The van der Waals surface area contributed by atoms with Gasteiger partial charge in [-0.3, -0.25) is 9.59 Å². The van der Waals surface area contributed by atoms with Crippen LogP contribution >= 0.6 is 23.2 Å². The Balaban J connectivity index is 1.54. The summed E-state index contributed by atoms with van der Waals surface area (Å²) in [4.78, 5) is 23.4. The molecule has 0 aliphatic rings. The van der Waals surface area contributed by atoms with Crippen molar-refractivity contribution in [3.05, 3.63) is 69.7 Å². The van der Waals surface area contributed by atoms with E-state index in [0.29, 0.717) is 29.3 Å². The zero-order valence-electron chi connectivity index (χ0n) is 15.0. The molecular weight excluding hydrogens is 387 g/mol. The SMILES string of the molecule is O=C(CCCC(=O)OCCc1ccccc1Cl)OCCc1ccccc1Cl. The zero-order chi connectivity index (χ0) is 19.5. The Morgan fingerprint density at radius 1 is 0.704 bits per heavy atom. The Kier molecular flexibility index (Phi) is 9.16. The van der Waals surface area contributed by atoms with E-state index >= 15 is 0 Å². The first-order valence-corrected chi connectivity index (χ1v) is 9.60. The van der Waals surface area contributed by atoms with Crippen molar-refractivity contribution >= 4 is 35.1 Å². The molecular formula is C21H22Cl2O4. The molecule has 6 heteroatoms. The molecule has 0 saturated carbocycles. The lowest BCUT2D eigenvalue weighted by Gasteiger charge is -2.07. The Bertz CT molecular complexity index is 698. The first-order valence-electron chi connectivity index (χ1n) is 8.84. The van der Waals surface area contributed by atoms with E-state index in [9.17, 15) is 9.59 Å². The van der Waals surface area contributed by atoms with Crippen molar-refractivity contribution in [3.8, 4) is 0 Å². The van der Waals surface area contributed by atoms with Gasteiger partial charge in [0.2, 0.25) is 0 Å². The van der Waals surface area contributed by atoms with E-state index in [2.05, 4.69) is 0 Å². The van der Waals surface area contributed by atoms with Crippen LogP contribution < -0.4 is 0 Å². The van der Waals surface area contributed by atoms with Crippen LogP contribution in [-0.4, -0.2) is 25.2 Å². The highest BCUT2D eigenvalue weighted by Gasteiger charge is 2.08. The minimum atomic E-state index is -0.328. The van der Waals surface area contributed by atoms with Gasteiger partial charge in [0.15, 0.2) is 0 Å². The summed E-state index contributed by atoms with van der Waals surface area (Å²) < 4.78 is 10.3. The van der Waals surface area contributed by atoms with Gasteiger partial charge in [0.1, 0.15) is 0 Å². The molecule has 0 radical (unpaired) electrons. The van der Waals surface area contributed by atoms with Gasteiger partial charge in [0.05, 0.1) is 13.2 Å².